The van der Waals surface area contributed by atoms with E-state index in [9.17, 15) is 13.2 Å². The Bertz CT molecular complexity index is 983. The number of carbonyl (C=O) groups is 1. The molecule has 1 fully saturated rings. The highest BCUT2D eigenvalue weighted by Gasteiger charge is 2.32. The van der Waals surface area contributed by atoms with Gasteiger partial charge in [-0.2, -0.15) is 4.31 Å². The lowest BCUT2D eigenvalue weighted by Crippen LogP contribution is -2.48. The zero-order valence-electron chi connectivity index (χ0n) is 17.9. The Hall–Kier alpha value is -2.62. The first kappa shape index (κ1) is 23.1. The number of hydrogen-bond donors (Lipinski definition) is 1. The van der Waals surface area contributed by atoms with Gasteiger partial charge in [0.2, 0.25) is 10.0 Å². The molecule has 1 aliphatic rings. The molecule has 1 amide bonds. The van der Waals surface area contributed by atoms with Crippen LogP contribution in [0.2, 0.25) is 0 Å². The molecular weight excluding hydrogens is 420 g/mol. The molecule has 1 heterocycles. The zero-order chi connectivity index (χ0) is 22.4. The number of sulfonamides is 1. The minimum absolute atomic E-state index is 0.157. The van der Waals surface area contributed by atoms with E-state index in [2.05, 4.69) is 5.32 Å². The van der Waals surface area contributed by atoms with E-state index in [1.807, 2.05) is 26.0 Å². The molecule has 9 heteroatoms. The first-order valence-corrected chi connectivity index (χ1v) is 11.5. The van der Waals surface area contributed by atoms with Gasteiger partial charge in [0, 0.05) is 18.7 Å². The van der Waals surface area contributed by atoms with Crippen LogP contribution < -0.4 is 14.8 Å². The van der Waals surface area contributed by atoms with Crippen molar-refractivity contribution in [2.45, 2.75) is 31.0 Å². The molecule has 0 radical (unpaired) electrons. The predicted octanol–water partition coefficient (Wildman–Crippen LogP) is 2.30. The van der Waals surface area contributed by atoms with E-state index in [0.717, 1.165) is 0 Å². The molecule has 0 bridgehead atoms. The summed E-state index contributed by atoms with van der Waals surface area (Å²) in [5.41, 5.74) is 0.375. The van der Waals surface area contributed by atoms with Crippen molar-refractivity contribution in [3.63, 3.8) is 0 Å². The molecule has 0 unspecified atom stereocenters. The molecule has 0 aromatic heterocycles. The second kappa shape index (κ2) is 10.1. The van der Waals surface area contributed by atoms with Crippen LogP contribution in [0.15, 0.2) is 53.4 Å². The minimum atomic E-state index is -3.64. The zero-order valence-corrected chi connectivity index (χ0v) is 18.7. The summed E-state index contributed by atoms with van der Waals surface area (Å²) >= 11 is 0. The summed E-state index contributed by atoms with van der Waals surface area (Å²) in [6.07, 6.45) is -0.330. The highest BCUT2D eigenvalue weighted by atomic mass is 32.2. The number of methoxy groups -OCH3 is 1. The minimum Gasteiger partial charge on any atom is -0.493 e. The van der Waals surface area contributed by atoms with Crippen molar-refractivity contribution < 1.29 is 27.4 Å². The molecule has 31 heavy (non-hydrogen) atoms. The maximum absolute atomic E-state index is 12.9. The Kier molecular flexibility index (Phi) is 7.53. The second-order valence-corrected chi connectivity index (χ2v) is 9.30. The molecule has 0 spiro atoms. The fraction of sp³-hybridized carbons (Fsp3) is 0.409. The standard InChI is InChI=1S/C22H28N2O6S/c1-16-14-24(15-17(2)30-16)31(26,27)19-10-8-18(9-11-19)22(25)23-12-13-29-21-7-5-4-6-20(21)28-3/h4-11,16-17H,12-15H2,1-3H3,(H,23,25)/t16-,17+. The van der Waals surface area contributed by atoms with Crippen LogP contribution in [0.25, 0.3) is 0 Å². The third-order valence-corrected chi connectivity index (χ3v) is 6.70. The average Bonchev–Trinajstić information content (AvgIpc) is 2.76. The van der Waals surface area contributed by atoms with Crippen molar-refractivity contribution in [1.82, 2.24) is 9.62 Å². The molecule has 0 saturated carbocycles. The number of nitrogens with zero attached hydrogens (tertiary/aromatic N) is 1. The number of para-hydroxylation sites is 2. The van der Waals surface area contributed by atoms with Crippen molar-refractivity contribution in [2.75, 3.05) is 33.4 Å². The summed E-state index contributed by atoms with van der Waals surface area (Å²) in [5.74, 6) is 0.913. The van der Waals surface area contributed by atoms with Crippen LogP contribution in [0.1, 0.15) is 24.2 Å². The summed E-state index contributed by atoms with van der Waals surface area (Å²) in [6.45, 7) is 4.88. The molecule has 2 aromatic carbocycles. The molecule has 2 aromatic rings. The van der Waals surface area contributed by atoms with Gasteiger partial charge < -0.3 is 19.5 Å². The number of nitrogens with one attached hydrogen (secondary N) is 1. The molecule has 8 nitrogen and oxygen atoms in total. The van der Waals surface area contributed by atoms with Crippen LogP contribution >= 0.6 is 0 Å². The number of benzene rings is 2. The first-order valence-electron chi connectivity index (χ1n) is 10.1. The van der Waals surface area contributed by atoms with Crippen molar-refractivity contribution in [1.29, 1.82) is 0 Å². The Morgan fingerprint density at radius 3 is 2.29 bits per heavy atom. The summed E-state index contributed by atoms with van der Waals surface area (Å²) in [5, 5.41) is 2.76. The van der Waals surface area contributed by atoms with Crippen molar-refractivity contribution in [2.24, 2.45) is 0 Å². The fourth-order valence-corrected chi connectivity index (χ4v) is 5.01. The monoisotopic (exact) mass is 448 g/mol. The van der Waals surface area contributed by atoms with E-state index in [4.69, 9.17) is 14.2 Å². The van der Waals surface area contributed by atoms with Crippen LogP contribution in [-0.2, 0) is 14.8 Å². The smallest absolute Gasteiger partial charge is 0.251 e. The van der Waals surface area contributed by atoms with Gasteiger partial charge in [-0.3, -0.25) is 4.79 Å². The fourth-order valence-electron chi connectivity index (χ4n) is 3.42. The van der Waals surface area contributed by atoms with Gasteiger partial charge >= 0.3 is 0 Å². The van der Waals surface area contributed by atoms with Crippen LogP contribution in [0.3, 0.4) is 0 Å². The predicted molar refractivity (Wildman–Crippen MR) is 116 cm³/mol. The SMILES string of the molecule is COc1ccccc1OCCNC(=O)c1ccc(S(=O)(=O)N2C[C@@H](C)O[C@@H](C)C2)cc1. The largest absolute Gasteiger partial charge is 0.493 e. The molecule has 168 valence electrons. The number of carbonyl (C=O) groups excluding carboxylic acids is 1. The summed E-state index contributed by atoms with van der Waals surface area (Å²) in [6, 6.07) is 13.2. The lowest BCUT2D eigenvalue weighted by molar-refractivity contribution is -0.0440. The number of hydrogen-bond acceptors (Lipinski definition) is 6. The Balaban J connectivity index is 1.55. The summed E-state index contributed by atoms with van der Waals surface area (Å²) in [4.78, 5) is 12.5. The topological polar surface area (TPSA) is 94.2 Å². The van der Waals surface area contributed by atoms with Gasteiger partial charge in [0.1, 0.15) is 6.61 Å². The third-order valence-electron chi connectivity index (χ3n) is 4.85. The Labute approximate surface area is 183 Å². The molecule has 2 atom stereocenters. The van der Waals surface area contributed by atoms with Gasteiger partial charge in [0.15, 0.2) is 11.5 Å². The highest BCUT2D eigenvalue weighted by molar-refractivity contribution is 7.89. The van der Waals surface area contributed by atoms with Gasteiger partial charge in [0.05, 0.1) is 30.8 Å². The average molecular weight is 449 g/mol. The van der Waals surface area contributed by atoms with Crippen molar-refractivity contribution in [3.8, 4) is 11.5 Å². The van der Waals surface area contributed by atoms with Crippen molar-refractivity contribution in [3.05, 3.63) is 54.1 Å². The maximum atomic E-state index is 12.9. The maximum Gasteiger partial charge on any atom is 0.251 e. The van der Waals surface area contributed by atoms with Crippen LogP contribution in [-0.4, -0.2) is 64.2 Å². The molecular formula is C22H28N2O6S. The van der Waals surface area contributed by atoms with E-state index >= 15 is 0 Å². The molecule has 1 saturated heterocycles. The van der Waals surface area contributed by atoms with E-state index in [1.165, 1.54) is 28.6 Å². The van der Waals surface area contributed by atoms with Gasteiger partial charge in [0.25, 0.3) is 5.91 Å². The molecule has 3 rings (SSSR count). The number of ether oxygens (including phenoxy) is 3. The van der Waals surface area contributed by atoms with Crippen LogP contribution in [0, 0.1) is 0 Å². The van der Waals surface area contributed by atoms with Crippen LogP contribution in [0.5, 0.6) is 11.5 Å². The summed E-state index contributed by atoms with van der Waals surface area (Å²) in [7, 11) is -2.08. The van der Waals surface area contributed by atoms with E-state index in [-0.39, 0.29) is 29.6 Å². The van der Waals surface area contributed by atoms with Gasteiger partial charge in [-0.15, -0.1) is 0 Å². The van der Waals surface area contributed by atoms with E-state index < -0.39 is 10.0 Å². The molecule has 0 aliphatic carbocycles. The quantitative estimate of drug-likeness (QED) is 0.623. The Morgan fingerprint density at radius 1 is 1.06 bits per heavy atom. The molecule has 1 N–H and O–H groups in total. The highest BCUT2D eigenvalue weighted by Crippen LogP contribution is 2.25. The number of amides is 1. The number of rotatable bonds is 8. The lowest BCUT2D eigenvalue weighted by Gasteiger charge is -2.34. The van der Waals surface area contributed by atoms with Gasteiger partial charge in [-0.05, 0) is 50.2 Å². The van der Waals surface area contributed by atoms with Gasteiger partial charge in [-0.1, -0.05) is 12.1 Å². The van der Waals surface area contributed by atoms with E-state index in [1.54, 1.807) is 19.2 Å². The lowest BCUT2D eigenvalue weighted by atomic mass is 10.2. The Morgan fingerprint density at radius 2 is 1.68 bits per heavy atom. The first-order chi connectivity index (χ1) is 14.8. The van der Waals surface area contributed by atoms with Gasteiger partial charge in [-0.25, -0.2) is 8.42 Å². The van der Waals surface area contributed by atoms with Crippen molar-refractivity contribution >= 4 is 15.9 Å². The second-order valence-electron chi connectivity index (χ2n) is 7.36. The normalized spacial score (nSPS) is 19.6. The van der Waals surface area contributed by atoms with Crippen LogP contribution in [0.4, 0.5) is 0 Å². The summed E-state index contributed by atoms with van der Waals surface area (Å²) < 4.78 is 43.7. The third kappa shape index (κ3) is 5.75. The van der Waals surface area contributed by atoms with E-state index in [0.29, 0.717) is 36.7 Å². The molecule has 1 aliphatic heterocycles. The number of morpholine rings is 1.